The summed E-state index contributed by atoms with van der Waals surface area (Å²) in [6.45, 7) is 0. The van der Waals surface area contributed by atoms with Crippen LogP contribution in [0.1, 0.15) is 17.3 Å². The van der Waals surface area contributed by atoms with Gasteiger partial charge in [0.25, 0.3) is 0 Å². The van der Waals surface area contributed by atoms with Gasteiger partial charge in [-0.05, 0) is 30.2 Å². The third kappa shape index (κ3) is 3.65. The van der Waals surface area contributed by atoms with E-state index in [0.717, 1.165) is 10.0 Å². The monoisotopic (exact) mass is 341 g/mol. The van der Waals surface area contributed by atoms with E-state index < -0.39 is 0 Å². The highest BCUT2D eigenvalue weighted by Crippen LogP contribution is 2.25. The van der Waals surface area contributed by atoms with Gasteiger partial charge < -0.3 is 10.5 Å². The van der Waals surface area contributed by atoms with Crippen LogP contribution in [0.3, 0.4) is 0 Å². The number of halogens is 2. The third-order valence-corrected chi connectivity index (χ3v) is 3.55. The van der Waals surface area contributed by atoms with Crippen LogP contribution >= 0.6 is 27.5 Å². The molecule has 0 saturated heterocycles. The first kappa shape index (κ1) is 14.2. The smallest absolute Gasteiger partial charge is 0.233 e. The molecular weight excluding hydrogens is 330 g/mol. The van der Waals surface area contributed by atoms with Crippen LogP contribution in [0, 0.1) is 0 Å². The Morgan fingerprint density at radius 2 is 2.11 bits per heavy atom. The van der Waals surface area contributed by atoms with E-state index in [1.54, 1.807) is 13.2 Å². The second-order valence-electron chi connectivity index (χ2n) is 4.05. The van der Waals surface area contributed by atoms with E-state index in [4.69, 9.17) is 22.1 Å². The summed E-state index contributed by atoms with van der Waals surface area (Å²) in [4.78, 5) is 0. The Bertz CT molecular complexity index is 562. The molecule has 1 aromatic heterocycles. The molecule has 0 aliphatic rings. The molecule has 0 aliphatic carbocycles. The van der Waals surface area contributed by atoms with Crippen molar-refractivity contribution in [3.8, 4) is 5.88 Å². The molecule has 2 aromatic rings. The quantitative estimate of drug-likeness (QED) is 0.927. The minimum absolute atomic E-state index is 0.253. The first-order valence-electron chi connectivity index (χ1n) is 5.67. The van der Waals surface area contributed by atoms with Crippen molar-refractivity contribution in [3.63, 3.8) is 0 Å². The van der Waals surface area contributed by atoms with Crippen molar-refractivity contribution in [2.24, 2.45) is 5.73 Å². The Balaban J connectivity index is 2.13. The van der Waals surface area contributed by atoms with Crippen molar-refractivity contribution in [1.29, 1.82) is 0 Å². The summed E-state index contributed by atoms with van der Waals surface area (Å²) in [6, 6.07) is 9.03. The number of aromatic nitrogens is 2. The molecule has 0 amide bonds. The van der Waals surface area contributed by atoms with Gasteiger partial charge in [0.2, 0.25) is 5.88 Å². The van der Waals surface area contributed by atoms with Gasteiger partial charge in [-0.15, -0.1) is 5.10 Å². The number of rotatable bonds is 4. The fraction of sp³-hybridized carbons (Fsp3) is 0.231. The third-order valence-electron chi connectivity index (χ3n) is 2.70. The first-order chi connectivity index (χ1) is 9.10. The number of benzene rings is 1. The standard InChI is InChI=1S/C13H13BrClN3O/c1-19-13-5-4-12(17-18-13)11(16)6-8-2-3-9(14)7-10(8)15/h2-5,7,11H,6,16H2,1H3. The van der Waals surface area contributed by atoms with Gasteiger partial charge in [-0.1, -0.05) is 33.6 Å². The Morgan fingerprint density at radius 1 is 1.32 bits per heavy atom. The SMILES string of the molecule is COc1ccc(C(N)Cc2ccc(Br)cc2Cl)nn1. The highest BCUT2D eigenvalue weighted by molar-refractivity contribution is 9.10. The molecule has 4 nitrogen and oxygen atoms in total. The maximum Gasteiger partial charge on any atom is 0.233 e. The molecule has 2 N–H and O–H groups in total. The number of ether oxygens (including phenoxy) is 1. The van der Waals surface area contributed by atoms with E-state index in [-0.39, 0.29) is 6.04 Å². The Labute approximate surface area is 125 Å². The average molecular weight is 343 g/mol. The van der Waals surface area contributed by atoms with Crippen molar-refractivity contribution >= 4 is 27.5 Å². The zero-order valence-electron chi connectivity index (χ0n) is 10.3. The number of hydrogen-bond donors (Lipinski definition) is 1. The fourth-order valence-corrected chi connectivity index (χ4v) is 2.42. The molecule has 0 bridgehead atoms. The fourth-order valence-electron chi connectivity index (χ4n) is 1.67. The van der Waals surface area contributed by atoms with E-state index in [9.17, 15) is 0 Å². The summed E-state index contributed by atoms with van der Waals surface area (Å²) < 4.78 is 5.90. The van der Waals surface area contributed by atoms with Crippen molar-refractivity contribution in [2.75, 3.05) is 7.11 Å². The minimum Gasteiger partial charge on any atom is -0.480 e. The molecule has 2 rings (SSSR count). The lowest BCUT2D eigenvalue weighted by Crippen LogP contribution is -2.15. The van der Waals surface area contributed by atoms with E-state index in [1.807, 2.05) is 24.3 Å². The second kappa shape index (κ2) is 6.32. The summed E-state index contributed by atoms with van der Waals surface area (Å²) in [5.74, 6) is 0.470. The minimum atomic E-state index is -0.253. The maximum atomic E-state index is 6.17. The van der Waals surface area contributed by atoms with Crippen LogP contribution in [0.15, 0.2) is 34.8 Å². The second-order valence-corrected chi connectivity index (χ2v) is 5.37. The van der Waals surface area contributed by atoms with Gasteiger partial charge in [-0.25, -0.2) is 0 Å². The Hall–Kier alpha value is -1.17. The average Bonchev–Trinajstić information content (AvgIpc) is 2.42. The lowest BCUT2D eigenvalue weighted by atomic mass is 10.0. The molecule has 1 heterocycles. The molecule has 0 fully saturated rings. The lowest BCUT2D eigenvalue weighted by Gasteiger charge is -2.12. The zero-order chi connectivity index (χ0) is 13.8. The van der Waals surface area contributed by atoms with Crippen LogP contribution in [0.2, 0.25) is 5.02 Å². The molecule has 19 heavy (non-hydrogen) atoms. The van der Waals surface area contributed by atoms with Gasteiger partial charge in [-0.2, -0.15) is 5.10 Å². The summed E-state index contributed by atoms with van der Waals surface area (Å²) in [5.41, 5.74) is 7.80. The van der Waals surface area contributed by atoms with E-state index in [0.29, 0.717) is 23.0 Å². The van der Waals surface area contributed by atoms with E-state index >= 15 is 0 Å². The Morgan fingerprint density at radius 3 is 2.68 bits per heavy atom. The zero-order valence-corrected chi connectivity index (χ0v) is 12.6. The maximum absolute atomic E-state index is 6.17. The highest BCUT2D eigenvalue weighted by Gasteiger charge is 2.12. The van der Waals surface area contributed by atoms with Crippen LogP contribution in [-0.4, -0.2) is 17.3 Å². The van der Waals surface area contributed by atoms with E-state index in [1.165, 1.54) is 0 Å². The summed E-state index contributed by atoms with van der Waals surface area (Å²) in [5, 5.41) is 8.63. The molecular formula is C13H13BrClN3O. The predicted octanol–water partition coefficient (Wildman–Crippen LogP) is 3.14. The molecule has 1 unspecified atom stereocenters. The van der Waals surface area contributed by atoms with Crippen LogP contribution in [-0.2, 0) is 6.42 Å². The van der Waals surface area contributed by atoms with Crippen LogP contribution in [0.5, 0.6) is 5.88 Å². The van der Waals surface area contributed by atoms with Gasteiger partial charge in [0.05, 0.1) is 18.8 Å². The molecule has 6 heteroatoms. The Kier molecular flexibility index (Phi) is 4.74. The molecule has 0 saturated carbocycles. The number of nitrogens with two attached hydrogens (primary N) is 1. The molecule has 0 spiro atoms. The lowest BCUT2D eigenvalue weighted by molar-refractivity contribution is 0.390. The molecule has 100 valence electrons. The van der Waals surface area contributed by atoms with Gasteiger partial charge in [0, 0.05) is 15.6 Å². The van der Waals surface area contributed by atoms with Gasteiger partial charge in [0.1, 0.15) is 0 Å². The van der Waals surface area contributed by atoms with Crippen molar-refractivity contribution in [2.45, 2.75) is 12.5 Å². The van der Waals surface area contributed by atoms with E-state index in [2.05, 4.69) is 26.1 Å². The number of methoxy groups -OCH3 is 1. The summed E-state index contributed by atoms with van der Waals surface area (Å²) in [6.07, 6.45) is 0.604. The topological polar surface area (TPSA) is 61.0 Å². The normalized spacial score (nSPS) is 12.2. The van der Waals surface area contributed by atoms with Crippen molar-refractivity contribution < 1.29 is 4.74 Å². The molecule has 1 aromatic carbocycles. The first-order valence-corrected chi connectivity index (χ1v) is 6.84. The van der Waals surface area contributed by atoms with Crippen molar-refractivity contribution in [1.82, 2.24) is 10.2 Å². The molecule has 0 aliphatic heterocycles. The molecule has 1 atom stereocenters. The predicted molar refractivity (Wildman–Crippen MR) is 78.4 cm³/mol. The number of hydrogen-bond acceptors (Lipinski definition) is 4. The van der Waals surface area contributed by atoms with Crippen LogP contribution in [0.25, 0.3) is 0 Å². The summed E-state index contributed by atoms with van der Waals surface area (Å²) in [7, 11) is 1.55. The molecule has 0 radical (unpaired) electrons. The summed E-state index contributed by atoms with van der Waals surface area (Å²) >= 11 is 9.54. The van der Waals surface area contributed by atoms with Gasteiger partial charge in [0.15, 0.2) is 0 Å². The van der Waals surface area contributed by atoms with Crippen LogP contribution < -0.4 is 10.5 Å². The van der Waals surface area contributed by atoms with Crippen LogP contribution in [0.4, 0.5) is 0 Å². The van der Waals surface area contributed by atoms with Crippen molar-refractivity contribution in [3.05, 3.63) is 51.1 Å². The highest BCUT2D eigenvalue weighted by atomic mass is 79.9. The largest absolute Gasteiger partial charge is 0.480 e. The number of nitrogens with zero attached hydrogens (tertiary/aromatic N) is 2. The van der Waals surface area contributed by atoms with Gasteiger partial charge >= 0.3 is 0 Å². The van der Waals surface area contributed by atoms with Gasteiger partial charge in [-0.3, -0.25) is 0 Å².